The van der Waals surface area contributed by atoms with Gasteiger partial charge in [-0.25, -0.2) is 0 Å². The van der Waals surface area contributed by atoms with Crippen LogP contribution < -0.4 is 0 Å². The molecule has 0 fully saturated rings. The zero-order valence-corrected chi connectivity index (χ0v) is 8.34. The number of rotatable bonds is 6. The maximum Gasteiger partial charge on any atom is 0.306 e. The summed E-state index contributed by atoms with van der Waals surface area (Å²) in [6.07, 6.45) is 4.39. The number of hydrogen-bond acceptors (Lipinski definition) is 1. The maximum absolute atomic E-state index is 10.5. The Kier molecular flexibility index (Phi) is 5.77. The van der Waals surface area contributed by atoms with Crippen molar-refractivity contribution in [2.24, 2.45) is 11.8 Å². The second-order valence-electron chi connectivity index (χ2n) is 3.72. The van der Waals surface area contributed by atoms with Gasteiger partial charge in [-0.1, -0.05) is 40.0 Å². The van der Waals surface area contributed by atoms with E-state index in [1.165, 1.54) is 12.8 Å². The number of carboxylic acid groups (broad SMARTS) is 1. The fourth-order valence-electron chi connectivity index (χ4n) is 1.37. The van der Waals surface area contributed by atoms with E-state index >= 15 is 0 Å². The van der Waals surface area contributed by atoms with Crippen LogP contribution in [0.3, 0.4) is 0 Å². The van der Waals surface area contributed by atoms with Gasteiger partial charge >= 0.3 is 5.97 Å². The summed E-state index contributed by atoms with van der Waals surface area (Å²) in [4.78, 5) is 10.5. The molecule has 0 aliphatic carbocycles. The van der Waals surface area contributed by atoms with Crippen LogP contribution in [0.5, 0.6) is 0 Å². The standard InChI is InChI=1S/C10H20O2/c1-4-5-6-8(2)7-9(3)10(11)12/h8-9H,4-7H2,1-3H3,(H,11,12)/t8-,9+/m1/s1. The molecule has 2 nitrogen and oxygen atoms in total. The average Bonchev–Trinajstić information content (AvgIpc) is 2.00. The van der Waals surface area contributed by atoms with Gasteiger partial charge in [0, 0.05) is 0 Å². The number of hydrogen-bond donors (Lipinski definition) is 1. The van der Waals surface area contributed by atoms with E-state index in [4.69, 9.17) is 5.11 Å². The molecule has 0 rings (SSSR count). The molecule has 2 atom stereocenters. The van der Waals surface area contributed by atoms with Crippen molar-refractivity contribution >= 4 is 5.97 Å². The molecule has 0 saturated carbocycles. The van der Waals surface area contributed by atoms with Crippen LogP contribution >= 0.6 is 0 Å². The lowest BCUT2D eigenvalue weighted by molar-refractivity contribution is -0.141. The molecule has 0 aromatic carbocycles. The average molecular weight is 172 g/mol. The Balaban J connectivity index is 3.53. The second kappa shape index (κ2) is 6.04. The van der Waals surface area contributed by atoms with Crippen LogP contribution in [0, 0.1) is 11.8 Å². The Morgan fingerprint density at radius 1 is 1.42 bits per heavy atom. The summed E-state index contributed by atoms with van der Waals surface area (Å²) in [6, 6.07) is 0. The monoisotopic (exact) mass is 172 g/mol. The lowest BCUT2D eigenvalue weighted by Gasteiger charge is -2.13. The molecule has 0 aromatic rings. The highest BCUT2D eigenvalue weighted by atomic mass is 16.4. The van der Waals surface area contributed by atoms with Crippen LogP contribution in [0.25, 0.3) is 0 Å². The van der Waals surface area contributed by atoms with Crippen molar-refractivity contribution in [2.45, 2.75) is 46.5 Å². The zero-order valence-electron chi connectivity index (χ0n) is 8.34. The Morgan fingerprint density at radius 3 is 2.42 bits per heavy atom. The fourth-order valence-corrected chi connectivity index (χ4v) is 1.37. The Bertz CT molecular complexity index is 132. The summed E-state index contributed by atoms with van der Waals surface area (Å²) >= 11 is 0. The zero-order chi connectivity index (χ0) is 9.56. The molecule has 0 aliphatic rings. The number of aliphatic carboxylic acids is 1. The molecular formula is C10H20O2. The smallest absolute Gasteiger partial charge is 0.306 e. The molecule has 0 aliphatic heterocycles. The van der Waals surface area contributed by atoms with E-state index < -0.39 is 5.97 Å². The molecule has 2 heteroatoms. The van der Waals surface area contributed by atoms with Gasteiger partial charge in [-0.2, -0.15) is 0 Å². The lowest BCUT2D eigenvalue weighted by Crippen LogP contribution is -2.13. The van der Waals surface area contributed by atoms with E-state index in [2.05, 4.69) is 13.8 Å². The van der Waals surface area contributed by atoms with Gasteiger partial charge < -0.3 is 5.11 Å². The largest absolute Gasteiger partial charge is 0.481 e. The van der Waals surface area contributed by atoms with Gasteiger partial charge in [0.15, 0.2) is 0 Å². The molecule has 0 amide bonds. The molecule has 0 aromatic heterocycles. The number of carbonyl (C=O) groups is 1. The minimum atomic E-state index is -0.668. The Hall–Kier alpha value is -0.530. The van der Waals surface area contributed by atoms with Crippen LogP contribution in [0.2, 0.25) is 0 Å². The molecule has 0 unspecified atom stereocenters. The quantitative estimate of drug-likeness (QED) is 0.668. The number of carboxylic acids is 1. The molecule has 72 valence electrons. The first kappa shape index (κ1) is 11.5. The summed E-state index contributed by atoms with van der Waals surface area (Å²) in [7, 11) is 0. The van der Waals surface area contributed by atoms with Crippen LogP contribution in [0.4, 0.5) is 0 Å². The lowest BCUT2D eigenvalue weighted by atomic mass is 9.93. The highest BCUT2D eigenvalue weighted by Gasteiger charge is 2.14. The third-order valence-electron chi connectivity index (χ3n) is 2.23. The van der Waals surface area contributed by atoms with Gasteiger partial charge in [-0.05, 0) is 12.3 Å². The maximum atomic E-state index is 10.5. The summed E-state index contributed by atoms with van der Waals surface area (Å²) in [5, 5.41) is 8.66. The van der Waals surface area contributed by atoms with Gasteiger partial charge in [0.1, 0.15) is 0 Å². The molecule has 0 saturated heterocycles. The first-order chi connectivity index (χ1) is 5.57. The van der Waals surface area contributed by atoms with Crippen LogP contribution in [-0.2, 0) is 4.79 Å². The van der Waals surface area contributed by atoms with Crippen molar-refractivity contribution in [2.75, 3.05) is 0 Å². The van der Waals surface area contributed by atoms with Gasteiger partial charge in [0.25, 0.3) is 0 Å². The van der Waals surface area contributed by atoms with E-state index in [0.29, 0.717) is 5.92 Å². The third-order valence-corrected chi connectivity index (χ3v) is 2.23. The van der Waals surface area contributed by atoms with E-state index in [-0.39, 0.29) is 5.92 Å². The fraction of sp³-hybridized carbons (Fsp3) is 0.900. The predicted octanol–water partition coefficient (Wildman–Crippen LogP) is 2.92. The first-order valence-corrected chi connectivity index (χ1v) is 4.80. The topological polar surface area (TPSA) is 37.3 Å². The van der Waals surface area contributed by atoms with E-state index in [1.54, 1.807) is 6.92 Å². The van der Waals surface area contributed by atoms with Gasteiger partial charge in [0.2, 0.25) is 0 Å². The van der Waals surface area contributed by atoms with Crippen molar-refractivity contribution in [3.63, 3.8) is 0 Å². The summed E-state index contributed by atoms with van der Waals surface area (Å²) in [6.45, 7) is 6.08. The third kappa shape index (κ3) is 5.16. The van der Waals surface area contributed by atoms with Crippen LogP contribution in [-0.4, -0.2) is 11.1 Å². The molecular weight excluding hydrogens is 152 g/mol. The minimum absolute atomic E-state index is 0.183. The van der Waals surface area contributed by atoms with Crippen LogP contribution in [0.1, 0.15) is 46.5 Å². The van der Waals surface area contributed by atoms with E-state index in [0.717, 1.165) is 12.8 Å². The Labute approximate surface area is 75.0 Å². The van der Waals surface area contributed by atoms with E-state index in [1.807, 2.05) is 0 Å². The molecule has 0 radical (unpaired) electrons. The Morgan fingerprint density at radius 2 is 2.00 bits per heavy atom. The van der Waals surface area contributed by atoms with Crippen LogP contribution in [0.15, 0.2) is 0 Å². The van der Waals surface area contributed by atoms with Crippen molar-refractivity contribution < 1.29 is 9.90 Å². The molecule has 1 N–H and O–H groups in total. The summed E-state index contributed by atoms with van der Waals surface area (Å²) in [5.41, 5.74) is 0. The highest BCUT2D eigenvalue weighted by molar-refractivity contribution is 5.69. The highest BCUT2D eigenvalue weighted by Crippen LogP contribution is 2.17. The van der Waals surface area contributed by atoms with Crippen molar-refractivity contribution in [3.05, 3.63) is 0 Å². The summed E-state index contributed by atoms with van der Waals surface area (Å²) in [5.74, 6) is -0.300. The molecule has 12 heavy (non-hydrogen) atoms. The van der Waals surface area contributed by atoms with Crippen molar-refractivity contribution in [1.82, 2.24) is 0 Å². The summed E-state index contributed by atoms with van der Waals surface area (Å²) < 4.78 is 0. The minimum Gasteiger partial charge on any atom is -0.481 e. The van der Waals surface area contributed by atoms with Gasteiger partial charge in [-0.3, -0.25) is 4.79 Å². The first-order valence-electron chi connectivity index (χ1n) is 4.80. The second-order valence-corrected chi connectivity index (χ2v) is 3.72. The normalized spacial score (nSPS) is 15.6. The van der Waals surface area contributed by atoms with Gasteiger partial charge in [-0.15, -0.1) is 0 Å². The molecule has 0 heterocycles. The van der Waals surface area contributed by atoms with E-state index in [9.17, 15) is 4.79 Å². The molecule has 0 spiro atoms. The SMILES string of the molecule is CCCC[C@@H](C)C[C@H](C)C(=O)O. The number of unbranched alkanes of at least 4 members (excludes halogenated alkanes) is 1. The van der Waals surface area contributed by atoms with Crippen molar-refractivity contribution in [3.8, 4) is 0 Å². The molecule has 0 bridgehead atoms. The van der Waals surface area contributed by atoms with Crippen molar-refractivity contribution in [1.29, 1.82) is 0 Å². The predicted molar refractivity (Wildman–Crippen MR) is 50.1 cm³/mol. The van der Waals surface area contributed by atoms with Gasteiger partial charge in [0.05, 0.1) is 5.92 Å².